The number of carboxylic acids is 1. The fourth-order valence-electron chi connectivity index (χ4n) is 4.63. The molecule has 1 N–H and O–H groups in total. The van der Waals surface area contributed by atoms with Crippen LogP contribution in [0.3, 0.4) is 0 Å². The molecule has 4 rings (SSSR count). The van der Waals surface area contributed by atoms with Crippen molar-refractivity contribution in [2.24, 2.45) is 17.3 Å². The van der Waals surface area contributed by atoms with Gasteiger partial charge in [-0.2, -0.15) is 0 Å². The van der Waals surface area contributed by atoms with Crippen molar-refractivity contribution in [2.45, 2.75) is 59.1 Å². The molecule has 29 heavy (non-hydrogen) atoms. The first-order valence-corrected chi connectivity index (χ1v) is 10.8. The van der Waals surface area contributed by atoms with E-state index in [9.17, 15) is 4.79 Å². The highest BCUT2D eigenvalue weighted by Crippen LogP contribution is 2.39. The van der Waals surface area contributed by atoms with Gasteiger partial charge in [-0.25, -0.2) is 0 Å². The van der Waals surface area contributed by atoms with Gasteiger partial charge < -0.3 is 9.84 Å². The summed E-state index contributed by atoms with van der Waals surface area (Å²) in [5, 5.41) is 10.1. The molecule has 1 saturated carbocycles. The Kier molecular flexibility index (Phi) is 5.52. The second-order valence-corrected chi connectivity index (χ2v) is 9.84. The molecule has 0 amide bonds. The molecule has 0 unspecified atom stereocenters. The second-order valence-electron chi connectivity index (χ2n) is 9.84. The van der Waals surface area contributed by atoms with E-state index in [1.165, 1.54) is 12.8 Å². The minimum atomic E-state index is -0.702. The maximum atomic E-state index is 10.9. The number of hydrogen-bond donors (Lipinski definition) is 1. The molecule has 0 radical (unpaired) electrons. The highest BCUT2D eigenvalue weighted by atomic mass is 16.5. The Morgan fingerprint density at radius 1 is 1.14 bits per heavy atom. The van der Waals surface area contributed by atoms with Crippen LogP contribution in [0.15, 0.2) is 30.3 Å². The summed E-state index contributed by atoms with van der Waals surface area (Å²) < 4.78 is 6.29. The SMILES string of the molecule is CC(C)(C)[C@H]1CC[C@H](Oc2ccc3nc(CN4CC(C(=O)O)C4)ccc3c2)CC1. The van der Waals surface area contributed by atoms with Crippen LogP contribution in [0.5, 0.6) is 5.75 Å². The van der Waals surface area contributed by atoms with E-state index >= 15 is 0 Å². The van der Waals surface area contributed by atoms with Crippen molar-refractivity contribution in [1.82, 2.24) is 9.88 Å². The summed E-state index contributed by atoms with van der Waals surface area (Å²) in [5.74, 6) is 0.790. The number of carboxylic acid groups (broad SMARTS) is 1. The van der Waals surface area contributed by atoms with Gasteiger partial charge in [0.05, 0.1) is 23.2 Å². The summed E-state index contributed by atoms with van der Waals surface area (Å²) in [7, 11) is 0. The maximum Gasteiger partial charge on any atom is 0.309 e. The van der Waals surface area contributed by atoms with E-state index in [0.29, 0.717) is 31.2 Å². The van der Waals surface area contributed by atoms with Gasteiger partial charge in [0, 0.05) is 25.0 Å². The van der Waals surface area contributed by atoms with Gasteiger partial charge in [0.1, 0.15) is 5.75 Å². The number of nitrogens with zero attached hydrogens (tertiary/aromatic N) is 2. The van der Waals surface area contributed by atoms with Crippen molar-refractivity contribution in [2.75, 3.05) is 13.1 Å². The molecular formula is C24H32N2O3. The molecule has 1 aliphatic heterocycles. The van der Waals surface area contributed by atoms with Crippen LogP contribution in [0.2, 0.25) is 0 Å². The van der Waals surface area contributed by atoms with Crippen LogP contribution in [0.4, 0.5) is 0 Å². The van der Waals surface area contributed by atoms with E-state index in [4.69, 9.17) is 14.8 Å². The van der Waals surface area contributed by atoms with E-state index in [1.54, 1.807) is 0 Å². The topological polar surface area (TPSA) is 62.7 Å². The average Bonchev–Trinajstić information content (AvgIpc) is 2.63. The first-order chi connectivity index (χ1) is 13.8. The smallest absolute Gasteiger partial charge is 0.309 e. The number of rotatable bonds is 5. The second kappa shape index (κ2) is 7.94. The Morgan fingerprint density at radius 2 is 1.86 bits per heavy atom. The highest BCUT2D eigenvalue weighted by molar-refractivity contribution is 5.80. The monoisotopic (exact) mass is 396 g/mol. The minimum Gasteiger partial charge on any atom is -0.490 e. The number of benzene rings is 1. The number of aliphatic carboxylic acids is 1. The minimum absolute atomic E-state index is 0.228. The zero-order valence-electron chi connectivity index (χ0n) is 17.7. The van der Waals surface area contributed by atoms with Gasteiger partial charge in [-0.1, -0.05) is 26.8 Å². The van der Waals surface area contributed by atoms with Crippen LogP contribution >= 0.6 is 0 Å². The summed E-state index contributed by atoms with van der Waals surface area (Å²) in [4.78, 5) is 17.8. The number of likely N-dealkylation sites (tertiary alicyclic amines) is 1. The van der Waals surface area contributed by atoms with Crippen LogP contribution < -0.4 is 4.74 Å². The molecule has 1 aromatic heterocycles. The summed E-state index contributed by atoms with van der Waals surface area (Å²) in [6.45, 7) is 8.95. The molecule has 5 nitrogen and oxygen atoms in total. The lowest BCUT2D eigenvalue weighted by Crippen LogP contribution is -2.49. The Bertz CT molecular complexity index is 875. The Morgan fingerprint density at radius 3 is 2.52 bits per heavy atom. The van der Waals surface area contributed by atoms with Gasteiger partial charge in [0.2, 0.25) is 0 Å². The van der Waals surface area contributed by atoms with E-state index in [0.717, 1.165) is 41.1 Å². The van der Waals surface area contributed by atoms with Crippen LogP contribution in [0, 0.1) is 17.3 Å². The molecule has 2 heterocycles. The van der Waals surface area contributed by atoms with Crippen molar-refractivity contribution in [3.63, 3.8) is 0 Å². The lowest BCUT2D eigenvalue weighted by molar-refractivity contribution is -0.147. The number of aromatic nitrogens is 1. The first-order valence-electron chi connectivity index (χ1n) is 10.8. The Balaban J connectivity index is 1.35. The largest absolute Gasteiger partial charge is 0.490 e. The normalized spacial score (nSPS) is 23.7. The van der Waals surface area contributed by atoms with Gasteiger partial charge in [0.25, 0.3) is 0 Å². The molecule has 156 valence electrons. The molecule has 0 atom stereocenters. The fraction of sp³-hybridized carbons (Fsp3) is 0.583. The van der Waals surface area contributed by atoms with Crippen molar-refractivity contribution < 1.29 is 14.6 Å². The Labute approximate surface area is 173 Å². The highest BCUT2D eigenvalue weighted by Gasteiger charge is 2.32. The zero-order valence-corrected chi connectivity index (χ0v) is 17.7. The number of fused-ring (bicyclic) bond motifs is 1. The lowest BCUT2D eigenvalue weighted by Gasteiger charge is -2.37. The quantitative estimate of drug-likeness (QED) is 0.791. The van der Waals surface area contributed by atoms with Gasteiger partial charge in [-0.15, -0.1) is 0 Å². The van der Waals surface area contributed by atoms with Crippen LogP contribution in [0.1, 0.15) is 52.1 Å². The van der Waals surface area contributed by atoms with E-state index in [-0.39, 0.29) is 5.92 Å². The van der Waals surface area contributed by atoms with Gasteiger partial charge in [-0.3, -0.25) is 14.7 Å². The van der Waals surface area contributed by atoms with Crippen molar-refractivity contribution in [3.8, 4) is 5.75 Å². The van der Waals surface area contributed by atoms with Gasteiger partial charge in [-0.05, 0) is 61.3 Å². The molecular weight excluding hydrogens is 364 g/mol. The lowest BCUT2D eigenvalue weighted by atomic mass is 9.72. The van der Waals surface area contributed by atoms with Gasteiger partial charge >= 0.3 is 5.97 Å². The van der Waals surface area contributed by atoms with Crippen molar-refractivity contribution in [1.29, 1.82) is 0 Å². The summed E-state index contributed by atoms with van der Waals surface area (Å²) in [6.07, 6.45) is 5.05. The van der Waals surface area contributed by atoms with Crippen molar-refractivity contribution in [3.05, 3.63) is 36.0 Å². The predicted octanol–water partition coefficient (Wildman–Crippen LogP) is 4.73. The van der Waals surface area contributed by atoms with Gasteiger partial charge in [0.15, 0.2) is 0 Å². The zero-order chi connectivity index (χ0) is 20.6. The molecule has 1 saturated heterocycles. The predicted molar refractivity (Wildman–Crippen MR) is 114 cm³/mol. The number of hydrogen-bond acceptors (Lipinski definition) is 4. The van der Waals surface area contributed by atoms with E-state index in [2.05, 4.69) is 37.8 Å². The third-order valence-corrected chi connectivity index (χ3v) is 6.61. The summed E-state index contributed by atoms with van der Waals surface area (Å²) in [6, 6.07) is 10.3. The molecule has 2 aromatic rings. The van der Waals surface area contributed by atoms with Crippen LogP contribution in [-0.2, 0) is 11.3 Å². The number of ether oxygens (including phenoxy) is 1. The van der Waals surface area contributed by atoms with Crippen LogP contribution in [-0.4, -0.2) is 40.2 Å². The number of pyridine rings is 1. The number of carbonyl (C=O) groups is 1. The molecule has 5 heteroatoms. The van der Waals surface area contributed by atoms with Crippen LogP contribution in [0.25, 0.3) is 10.9 Å². The summed E-state index contributed by atoms with van der Waals surface area (Å²) in [5.41, 5.74) is 2.33. The first kappa shape index (κ1) is 20.1. The molecule has 2 fully saturated rings. The third-order valence-electron chi connectivity index (χ3n) is 6.61. The third kappa shape index (κ3) is 4.72. The standard InChI is InChI=1S/C24H32N2O3/c1-24(2,3)18-5-8-20(9-6-18)29-21-10-11-22-16(12-21)4-7-19(25-22)15-26-13-17(14-26)23(27)28/h4,7,10-12,17-18,20H,5-6,8-9,13-15H2,1-3H3,(H,27,28)/t18-,20-. The van der Waals surface area contributed by atoms with Crippen molar-refractivity contribution >= 4 is 16.9 Å². The molecule has 1 aromatic carbocycles. The van der Waals surface area contributed by atoms with E-state index < -0.39 is 5.97 Å². The maximum absolute atomic E-state index is 10.9. The average molecular weight is 397 g/mol. The molecule has 0 bridgehead atoms. The fourth-order valence-corrected chi connectivity index (χ4v) is 4.63. The molecule has 1 aliphatic carbocycles. The molecule has 2 aliphatic rings. The Hall–Kier alpha value is -2.14. The molecule has 0 spiro atoms. The summed E-state index contributed by atoms with van der Waals surface area (Å²) >= 11 is 0. The van der Waals surface area contributed by atoms with E-state index in [1.807, 2.05) is 18.2 Å².